The van der Waals surface area contributed by atoms with Crippen molar-refractivity contribution in [2.24, 2.45) is 11.8 Å². The predicted molar refractivity (Wildman–Crippen MR) is 174 cm³/mol. The van der Waals surface area contributed by atoms with Crippen molar-refractivity contribution >= 4 is 47.3 Å². The minimum absolute atomic E-state index is 0.0556. The van der Waals surface area contributed by atoms with Crippen LogP contribution in [0.1, 0.15) is 52.5 Å². The number of carbonyl (C=O) groups is 1. The molecule has 1 heterocycles. The molecule has 0 saturated carbocycles. The Kier molecular flexibility index (Phi) is 10.2. The van der Waals surface area contributed by atoms with Crippen LogP contribution in [0.15, 0.2) is 84.9 Å². The molecule has 4 rings (SSSR count). The van der Waals surface area contributed by atoms with E-state index in [9.17, 15) is 4.79 Å². The zero-order valence-corrected chi connectivity index (χ0v) is 27.6. The van der Waals surface area contributed by atoms with Crippen molar-refractivity contribution in [1.82, 2.24) is 0 Å². The summed E-state index contributed by atoms with van der Waals surface area (Å²) < 4.78 is 19.4. The number of methoxy groups -OCH3 is 1. The molecule has 3 aromatic carbocycles. The Morgan fingerprint density at radius 1 is 0.925 bits per heavy atom. The lowest BCUT2D eigenvalue weighted by molar-refractivity contribution is -0.148. The summed E-state index contributed by atoms with van der Waals surface area (Å²) in [6.45, 7) is 9.69. The van der Waals surface area contributed by atoms with Crippen molar-refractivity contribution in [1.29, 1.82) is 0 Å². The highest BCUT2D eigenvalue weighted by molar-refractivity contribution is 14.1. The highest BCUT2D eigenvalue weighted by Gasteiger charge is 2.52. The fourth-order valence-corrected chi connectivity index (χ4v) is 11.7. The zero-order valence-electron chi connectivity index (χ0n) is 24.5. The molecular formula is C34H43IO4Si. The molecule has 40 heavy (non-hydrogen) atoms. The summed E-state index contributed by atoms with van der Waals surface area (Å²) in [5, 5.41) is 2.53. The van der Waals surface area contributed by atoms with E-state index in [2.05, 4.69) is 123 Å². The highest BCUT2D eigenvalue weighted by atomic mass is 127. The maximum Gasteiger partial charge on any atom is 0.309 e. The second-order valence-electron chi connectivity index (χ2n) is 12.1. The van der Waals surface area contributed by atoms with Gasteiger partial charge in [-0.15, -0.1) is 0 Å². The van der Waals surface area contributed by atoms with Gasteiger partial charge in [0.2, 0.25) is 0 Å². The number of esters is 1. The Bertz CT molecular complexity index is 1200. The van der Waals surface area contributed by atoms with E-state index in [1.54, 1.807) is 7.11 Å². The number of halogens is 1. The van der Waals surface area contributed by atoms with E-state index >= 15 is 0 Å². The van der Waals surface area contributed by atoms with Crippen LogP contribution in [0.5, 0.6) is 5.75 Å². The molecule has 1 aliphatic rings. The molecule has 0 amide bonds. The second kappa shape index (κ2) is 13.2. The van der Waals surface area contributed by atoms with E-state index in [0.29, 0.717) is 6.61 Å². The summed E-state index contributed by atoms with van der Waals surface area (Å²) in [4.78, 5) is 13.1. The van der Waals surface area contributed by atoms with Crippen LogP contribution in [-0.4, -0.2) is 38.0 Å². The maximum atomic E-state index is 13.1. The lowest BCUT2D eigenvalue weighted by Crippen LogP contribution is -2.66. The van der Waals surface area contributed by atoms with Gasteiger partial charge in [0.05, 0.1) is 13.0 Å². The monoisotopic (exact) mass is 670 g/mol. The molecule has 0 radical (unpaired) electrons. The van der Waals surface area contributed by atoms with Gasteiger partial charge in [-0.05, 0) is 65.7 Å². The number of carbonyl (C=O) groups excluding carboxylic acids is 1. The summed E-state index contributed by atoms with van der Waals surface area (Å²) >= 11 is 2.37. The Hall–Kier alpha value is -2.16. The summed E-state index contributed by atoms with van der Waals surface area (Å²) in [6.07, 6.45) is 3.38. The third kappa shape index (κ3) is 6.49. The molecule has 1 unspecified atom stereocenters. The number of cyclic esters (lactones) is 1. The first-order chi connectivity index (χ1) is 19.1. The molecule has 0 spiro atoms. The Labute approximate surface area is 255 Å². The predicted octanol–water partition coefficient (Wildman–Crippen LogP) is 6.97. The first kappa shape index (κ1) is 30.8. The molecule has 6 heteroatoms. The van der Waals surface area contributed by atoms with Gasteiger partial charge in [-0.3, -0.25) is 4.79 Å². The summed E-state index contributed by atoms with van der Waals surface area (Å²) in [5.74, 6) is 0.838. The van der Waals surface area contributed by atoms with Crippen LogP contribution in [0.3, 0.4) is 0 Å². The van der Waals surface area contributed by atoms with Gasteiger partial charge < -0.3 is 13.9 Å². The van der Waals surface area contributed by atoms with Crippen molar-refractivity contribution in [3.63, 3.8) is 0 Å². The summed E-state index contributed by atoms with van der Waals surface area (Å²) in [5.41, 5.74) is 0.734. The molecule has 1 fully saturated rings. The molecule has 214 valence electrons. The van der Waals surface area contributed by atoms with Crippen LogP contribution in [0.25, 0.3) is 0 Å². The molecular weight excluding hydrogens is 627 g/mol. The van der Waals surface area contributed by atoms with E-state index in [0.717, 1.165) is 35.9 Å². The molecule has 0 bridgehead atoms. The van der Waals surface area contributed by atoms with E-state index in [1.807, 2.05) is 12.1 Å². The number of hydrogen-bond acceptors (Lipinski definition) is 4. The van der Waals surface area contributed by atoms with Gasteiger partial charge in [-0.25, -0.2) is 0 Å². The van der Waals surface area contributed by atoms with Gasteiger partial charge in [-0.2, -0.15) is 0 Å². The Morgan fingerprint density at radius 2 is 1.55 bits per heavy atom. The smallest absolute Gasteiger partial charge is 0.309 e. The summed E-state index contributed by atoms with van der Waals surface area (Å²) in [6, 6.07) is 29.7. The largest absolute Gasteiger partial charge is 0.497 e. The molecule has 0 aromatic heterocycles. The van der Waals surface area contributed by atoms with Crippen molar-refractivity contribution in [2.75, 3.05) is 18.1 Å². The van der Waals surface area contributed by atoms with Gasteiger partial charge in [-0.1, -0.05) is 116 Å². The first-order valence-corrected chi connectivity index (χ1v) is 17.7. The average molecular weight is 671 g/mol. The number of ether oxygens (including phenoxy) is 2. The molecule has 1 saturated heterocycles. The quantitative estimate of drug-likeness (QED) is 0.0687. The number of hydrogen-bond donors (Lipinski definition) is 0. The molecule has 0 N–H and O–H groups in total. The number of aryl methyl sites for hydroxylation is 1. The molecule has 3 aromatic rings. The second-order valence-corrected chi connectivity index (χ2v) is 17.2. The van der Waals surface area contributed by atoms with Crippen LogP contribution < -0.4 is 15.1 Å². The van der Waals surface area contributed by atoms with Crippen molar-refractivity contribution < 1.29 is 18.7 Å². The van der Waals surface area contributed by atoms with E-state index in [-0.39, 0.29) is 22.8 Å². The maximum absolute atomic E-state index is 13.1. The third-order valence-corrected chi connectivity index (χ3v) is 15.0. The third-order valence-electron chi connectivity index (χ3n) is 8.44. The number of benzene rings is 3. The fraction of sp³-hybridized carbons (Fsp3) is 0.441. The van der Waals surface area contributed by atoms with Gasteiger partial charge >= 0.3 is 5.97 Å². The van der Waals surface area contributed by atoms with Gasteiger partial charge in [0.15, 0.2) is 0 Å². The van der Waals surface area contributed by atoms with Crippen molar-refractivity contribution in [3.8, 4) is 5.75 Å². The van der Waals surface area contributed by atoms with Crippen LogP contribution >= 0.6 is 22.6 Å². The standard InChI is InChI=1S/C34H43IO4Si/c1-33(2,3)40(28-16-8-6-9-17-28,29-18-10-7-11-19-29)38-23-13-20-31-30(32(36)39-34(31,4)25-35)22-21-26-14-12-15-27(24-26)37-5/h6-12,14-19,24,30-31H,13,20-23,25H2,1-5H3/t30-,31-,34?/m1/s1. The van der Waals surface area contributed by atoms with Crippen molar-refractivity contribution in [3.05, 3.63) is 90.5 Å². The number of alkyl halides is 1. The summed E-state index contributed by atoms with van der Waals surface area (Å²) in [7, 11) is -0.896. The normalized spacial score (nSPS) is 21.3. The Balaban J connectivity index is 1.52. The first-order valence-electron chi connectivity index (χ1n) is 14.3. The SMILES string of the molecule is COc1cccc(CC[C@H]2C(=O)OC(C)(CI)[C@@H]2CCCO[Si](c2ccccc2)(c2ccccc2)C(C)(C)C)c1. The van der Waals surface area contributed by atoms with E-state index < -0.39 is 13.9 Å². The molecule has 0 aliphatic carbocycles. The van der Waals surface area contributed by atoms with Gasteiger partial charge in [0, 0.05) is 17.0 Å². The van der Waals surface area contributed by atoms with Gasteiger partial charge in [0.25, 0.3) is 8.32 Å². The average Bonchev–Trinajstić information content (AvgIpc) is 3.21. The molecule has 3 atom stereocenters. The van der Waals surface area contributed by atoms with E-state index in [4.69, 9.17) is 13.9 Å². The van der Waals surface area contributed by atoms with Crippen molar-refractivity contribution in [2.45, 2.75) is 64.0 Å². The van der Waals surface area contributed by atoms with Crippen LogP contribution in [-0.2, 0) is 20.4 Å². The Morgan fingerprint density at radius 3 is 2.10 bits per heavy atom. The minimum atomic E-state index is -2.58. The zero-order chi connectivity index (χ0) is 28.8. The van der Waals surface area contributed by atoms with Crippen LogP contribution in [0.4, 0.5) is 0 Å². The van der Waals surface area contributed by atoms with E-state index in [1.165, 1.54) is 15.9 Å². The van der Waals surface area contributed by atoms with Crippen LogP contribution in [0.2, 0.25) is 5.04 Å². The fourth-order valence-electron chi connectivity index (χ4n) is 6.36. The topological polar surface area (TPSA) is 44.8 Å². The lowest BCUT2D eigenvalue weighted by atomic mass is 9.77. The number of rotatable bonds is 12. The minimum Gasteiger partial charge on any atom is -0.497 e. The molecule has 1 aliphatic heterocycles. The van der Waals surface area contributed by atoms with Crippen LogP contribution in [0, 0.1) is 11.8 Å². The van der Waals surface area contributed by atoms with Gasteiger partial charge in [0.1, 0.15) is 11.4 Å². The highest BCUT2D eigenvalue weighted by Crippen LogP contribution is 2.44. The molecule has 4 nitrogen and oxygen atoms in total. The lowest BCUT2D eigenvalue weighted by Gasteiger charge is -2.43.